The molecule has 34 heavy (non-hydrogen) atoms. The first kappa shape index (κ1) is 24.2. The predicted molar refractivity (Wildman–Crippen MR) is 129 cm³/mol. The summed E-state index contributed by atoms with van der Waals surface area (Å²) in [7, 11) is -3.34. The van der Waals surface area contributed by atoms with Gasteiger partial charge < -0.3 is 14.4 Å². The number of halogens is 1. The molecule has 2 aliphatic rings. The van der Waals surface area contributed by atoms with Crippen LogP contribution in [0, 0.1) is 5.92 Å². The standard InChI is InChI=1S/C23H25N5O4S.ClH/c1-2-16-10-26-23(27-11-16)28-7-5-17(6-8-28)14-31-19-12-24-22(25-13-19)18-3-4-21-20(9-18)32-15-33(21,29)30;/h3-4,9-13,17H,2,5-8,14-15H2,1H3;1H. The molecular weight excluding hydrogens is 478 g/mol. The summed E-state index contributed by atoms with van der Waals surface area (Å²) in [6.07, 6.45) is 10.1. The summed E-state index contributed by atoms with van der Waals surface area (Å²) in [4.78, 5) is 20.1. The summed E-state index contributed by atoms with van der Waals surface area (Å²) < 4.78 is 35.0. The number of ether oxygens (including phenoxy) is 2. The third-order valence-corrected chi connectivity index (χ3v) is 7.45. The van der Waals surface area contributed by atoms with E-state index in [4.69, 9.17) is 9.47 Å². The van der Waals surface area contributed by atoms with Crippen LogP contribution in [0.15, 0.2) is 47.9 Å². The summed E-state index contributed by atoms with van der Waals surface area (Å²) in [5, 5.41) is 0. The molecule has 4 heterocycles. The predicted octanol–water partition coefficient (Wildman–Crippen LogP) is 3.34. The SMILES string of the molecule is CCc1cnc(N2CCC(COc3cnc(-c4ccc5c(c4)OCS5(=O)=O)nc3)CC2)nc1.Cl. The number of nitrogens with zero attached hydrogens (tertiary/aromatic N) is 5. The number of rotatable bonds is 6. The Morgan fingerprint density at radius 2 is 1.76 bits per heavy atom. The van der Waals surface area contributed by atoms with Gasteiger partial charge in [-0.05, 0) is 48.9 Å². The first-order valence-corrected chi connectivity index (χ1v) is 12.7. The Morgan fingerprint density at radius 1 is 1.06 bits per heavy atom. The first-order chi connectivity index (χ1) is 16.0. The van der Waals surface area contributed by atoms with Gasteiger partial charge in [-0.2, -0.15) is 0 Å². The lowest BCUT2D eigenvalue weighted by atomic mass is 9.98. The molecule has 180 valence electrons. The van der Waals surface area contributed by atoms with Crippen LogP contribution in [0.4, 0.5) is 5.95 Å². The Kier molecular flexibility index (Phi) is 7.18. The fourth-order valence-corrected chi connectivity index (χ4v) is 5.08. The average molecular weight is 504 g/mol. The second-order valence-electron chi connectivity index (χ2n) is 8.27. The monoisotopic (exact) mass is 503 g/mol. The van der Waals surface area contributed by atoms with Crippen LogP contribution in [0.2, 0.25) is 0 Å². The minimum absolute atomic E-state index is 0. The summed E-state index contributed by atoms with van der Waals surface area (Å²) in [5.41, 5.74) is 1.84. The molecule has 0 saturated carbocycles. The number of aromatic nitrogens is 4. The van der Waals surface area contributed by atoms with Crippen molar-refractivity contribution in [2.75, 3.05) is 30.5 Å². The minimum Gasteiger partial charge on any atom is -0.490 e. The molecule has 0 N–H and O–H groups in total. The van der Waals surface area contributed by atoms with Crippen molar-refractivity contribution in [1.29, 1.82) is 0 Å². The molecule has 2 aromatic heterocycles. The molecular formula is C23H26ClN5O4S. The molecule has 1 aromatic carbocycles. The van der Waals surface area contributed by atoms with Crippen LogP contribution < -0.4 is 14.4 Å². The van der Waals surface area contributed by atoms with Crippen molar-refractivity contribution >= 4 is 28.2 Å². The zero-order valence-corrected chi connectivity index (χ0v) is 20.4. The van der Waals surface area contributed by atoms with Gasteiger partial charge in [-0.1, -0.05) is 6.92 Å². The Bertz CT molecular complexity index is 1230. The quantitative estimate of drug-likeness (QED) is 0.500. The molecule has 1 fully saturated rings. The normalized spacial score (nSPS) is 16.9. The highest BCUT2D eigenvalue weighted by molar-refractivity contribution is 7.91. The number of sulfone groups is 1. The summed E-state index contributed by atoms with van der Waals surface area (Å²) in [5.74, 6) is 2.36. The van der Waals surface area contributed by atoms with E-state index in [0.29, 0.717) is 35.4 Å². The van der Waals surface area contributed by atoms with Gasteiger partial charge in [0.15, 0.2) is 17.5 Å². The second-order valence-corrected chi connectivity index (χ2v) is 10.2. The zero-order valence-electron chi connectivity index (χ0n) is 18.8. The van der Waals surface area contributed by atoms with Crippen LogP contribution in [0.25, 0.3) is 11.4 Å². The third kappa shape index (κ3) is 5.07. The lowest BCUT2D eigenvalue weighted by Gasteiger charge is -2.31. The molecule has 3 aromatic rings. The van der Waals surface area contributed by atoms with Gasteiger partial charge in [0, 0.05) is 31.0 Å². The Hall–Kier alpha value is -2.98. The lowest BCUT2D eigenvalue weighted by Crippen LogP contribution is -2.36. The van der Waals surface area contributed by atoms with Gasteiger partial charge in [0.1, 0.15) is 10.6 Å². The van der Waals surface area contributed by atoms with Crippen molar-refractivity contribution in [2.24, 2.45) is 5.92 Å². The second kappa shape index (κ2) is 10.1. The van der Waals surface area contributed by atoms with Gasteiger partial charge in [-0.25, -0.2) is 28.4 Å². The van der Waals surface area contributed by atoms with Gasteiger partial charge in [-0.3, -0.25) is 0 Å². The van der Waals surface area contributed by atoms with Crippen molar-refractivity contribution in [3.05, 3.63) is 48.5 Å². The molecule has 0 bridgehead atoms. The Balaban J connectivity index is 0.00000274. The Labute approximate surface area is 204 Å². The van der Waals surface area contributed by atoms with E-state index < -0.39 is 9.84 Å². The van der Waals surface area contributed by atoms with Crippen LogP contribution in [0.3, 0.4) is 0 Å². The molecule has 2 aliphatic heterocycles. The number of fused-ring (bicyclic) bond motifs is 1. The smallest absolute Gasteiger partial charge is 0.225 e. The van der Waals surface area contributed by atoms with Crippen LogP contribution in [0.1, 0.15) is 25.3 Å². The molecule has 1 saturated heterocycles. The fraction of sp³-hybridized carbons (Fsp3) is 0.391. The van der Waals surface area contributed by atoms with Crippen molar-refractivity contribution in [3.8, 4) is 22.9 Å². The maximum absolute atomic E-state index is 11.9. The van der Waals surface area contributed by atoms with Crippen LogP contribution >= 0.6 is 12.4 Å². The van der Waals surface area contributed by atoms with Gasteiger partial charge in [0.25, 0.3) is 0 Å². The van der Waals surface area contributed by atoms with Crippen LogP contribution in [-0.4, -0.2) is 54.0 Å². The van der Waals surface area contributed by atoms with Crippen molar-refractivity contribution < 1.29 is 17.9 Å². The number of aryl methyl sites for hydroxylation is 1. The molecule has 11 heteroatoms. The third-order valence-electron chi connectivity index (χ3n) is 6.02. The number of hydrogen-bond donors (Lipinski definition) is 0. The molecule has 5 rings (SSSR count). The molecule has 0 aliphatic carbocycles. The minimum atomic E-state index is -3.34. The van der Waals surface area contributed by atoms with E-state index in [1.807, 2.05) is 12.4 Å². The highest BCUT2D eigenvalue weighted by Crippen LogP contribution is 2.34. The molecule has 0 atom stereocenters. The Morgan fingerprint density at radius 3 is 2.44 bits per heavy atom. The molecule has 0 radical (unpaired) electrons. The van der Waals surface area contributed by atoms with E-state index in [1.54, 1.807) is 24.5 Å². The summed E-state index contributed by atoms with van der Waals surface area (Å²) in [6, 6.07) is 4.88. The maximum Gasteiger partial charge on any atom is 0.225 e. The van der Waals surface area contributed by atoms with E-state index in [1.165, 1.54) is 6.07 Å². The van der Waals surface area contributed by atoms with Crippen molar-refractivity contribution in [3.63, 3.8) is 0 Å². The average Bonchev–Trinajstić information content (AvgIpc) is 3.17. The largest absolute Gasteiger partial charge is 0.490 e. The number of hydrogen-bond acceptors (Lipinski definition) is 9. The van der Waals surface area contributed by atoms with Gasteiger partial charge >= 0.3 is 0 Å². The zero-order chi connectivity index (χ0) is 22.8. The number of piperidine rings is 1. The summed E-state index contributed by atoms with van der Waals surface area (Å²) in [6.45, 7) is 4.52. The first-order valence-electron chi connectivity index (χ1n) is 11.0. The topological polar surface area (TPSA) is 107 Å². The fourth-order valence-electron chi connectivity index (χ4n) is 3.97. The van der Waals surface area contributed by atoms with Crippen LogP contribution in [-0.2, 0) is 16.3 Å². The summed E-state index contributed by atoms with van der Waals surface area (Å²) >= 11 is 0. The maximum atomic E-state index is 11.9. The molecule has 9 nitrogen and oxygen atoms in total. The van der Waals surface area contributed by atoms with Gasteiger partial charge in [0.2, 0.25) is 15.8 Å². The van der Waals surface area contributed by atoms with Crippen LogP contribution in [0.5, 0.6) is 11.5 Å². The highest BCUT2D eigenvalue weighted by Gasteiger charge is 2.28. The highest BCUT2D eigenvalue weighted by atomic mass is 35.5. The molecule has 0 spiro atoms. The molecule has 0 amide bonds. The van der Waals surface area contributed by atoms with E-state index in [-0.39, 0.29) is 23.2 Å². The number of benzene rings is 1. The number of anilines is 1. The van der Waals surface area contributed by atoms with E-state index in [0.717, 1.165) is 43.9 Å². The van der Waals surface area contributed by atoms with E-state index >= 15 is 0 Å². The van der Waals surface area contributed by atoms with Gasteiger partial charge in [-0.15, -0.1) is 12.4 Å². The van der Waals surface area contributed by atoms with E-state index in [2.05, 4.69) is 31.8 Å². The van der Waals surface area contributed by atoms with Crippen molar-refractivity contribution in [2.45, 2.75) is 31.1 Å². The van der Waals surface area contributed by atoms with Gasteiger partial charge in [0.05, 0.1) is 19.0 Å². The van der Waals surface area contributed by atoms with Crippen molar-refractivity contribution in [1.82, 2.24) is 19.9 Å². The lowest BCUT2D eigenvalue weighted by molar-refractivity contribution is 0.221. The van der Waals surface area contributed by atoms with E-state index in [9.17, 15) is 8.42 Å². The molecule has 0 unspecified atom stereocenters.